The molecular formula is C7H8BrClN2O2S. The Morgan fingerprint density at radius 1 is 1.36 bits per heavy atom. The molecule has 1 rings (SSSR count). The molecule has 0 bridgehead atoms. The van der Waals surface area contributed by atoms with Crippen molar-refractivity contribution in [3.63, 3.8) is 0 Å². The summed E-state index contributed by atoms with van der Waals surface area (Å²) in [4.78, 5) is 0. The van der Waals surface area contributed by atoms with Crippen LogP contribution >= 0.6 is 27.5 Å². The van der Waals surface area contributed by atoms with Gasteiger partial charge in [0.2, 0.25) is 0 Å². The Hall–Kier alpha value is -0.300. The first-order chi connectivity index (χ1) is 6.43. The van der Waals surface area contributed by atoms with E-state index < -0.39 is 10.2 Å². The lowest BCUT2D eigenvalue weighted by Crippen LogP contribution is -2.26. The predicted octanol–water partition coefficient (Wildman–Crippen LogP) is 1.98. The number of hydrogen-bond donors (Lipinski definition) is 2. The van der Waals surface area contributed by atoms with Gasteiger partial charge in [0.05, 0.1) is 5.69 Å². The molecule has 0 unspecified atom stereocenters. The van der Waals surface area contributed by atoms with Crippen LogP contribution in [0.2, 0.25) is 5.02 Å². The maximum atomic E-state index is 11.1. The number of halogens is 2. The lowest BCUT2D eigenvalue weighted by Gasteiger charge is -2.06. The van der Waals surface area contributed by atoms with Gasteiger partial charge < -0.3 is 0 Å². The highest BCUT2D eigenvalue weighted by Crippen LogP contribution is 2.23. The first-order valence-corrected chi connectivity index (χ1v) is 6.26. The average Bonchev–Trinajstić information content (AvgIpc) is 2.01. The van der Waals surface area contributed by atoms with Gasteiger partial charge in [-0.2, -0.15) is 8.42 Å². The molecule has 14 heavy (non-hydrogen) atoms. The number of nitrogens with one attached hydrogen (secondary N) is 2. The number of rotatable bonds is 3. The molecule has 0 saturated carbocycles. The third kappa shape index (κ3) is 3.45. The van der Waals surface area contributed by atoms with E-state index in [4.69, 9.17) is 11.6 Å². The summed E-state index contributed by atoms with van der Waals surface area (Å²) < 4.78 is 27.4. The molecular weight excluding hydrogens is 292 g/mol. The van der Waals surface area contributed by atoms with Crippen molar-refractivity contribution < 1.29 is 8.42 Å². The summed E-state index contributed by atoms with van der Waals surface area (Å²) >= 11 is 8.94. The average molecular weight is 300 g/mol. The van der Waals surface area contributed by atoms with Crippen LogP contribution in [0.25, 0.3) is 0 Å². The lowest BCUT2D eigenvalue weighted by molar-refractivity contribution is 0.593. The quantitative estimate of drug-likeness (QED) is 0.896. The molecule has 4 nitrogen and oxygen atoms in total. The minimum absolute atomic E-state index is 0.402. The van der Waals surface area contributed by atoms with Gasteiger partial charge in [-0.1, -0.05) is 27.5 Å². The van der Waals surface area contributed by atoms with Gasteiger partial charge in [-0.15, -0.1) is 0 Å². The second-order valence-electron chi connectivity index (χ2n) is 2.47. The summed E-state index contributed by atoms with van der Waals surface area (Å²) in [6, 6.07) is 4.79. The van der Waals surface area contributed by atoms with Crippen LogP contribution in [0.4, 0.5) is 5.69 Å². The van der Waals surface area contributed by atoms with E-state index in [0.717, 1.165) is 0 Å². The molecule has 0 heterocycles. The van der Waals surface area contributed by atoms with E-state index in [-0.39, 0.29) is 0 Å². The number of anilines is 1. The summed E-state index contributed by atoms with van der Waals surface area (Å²) in [5, 5.41) is 0.452. The standard InChI is InChI=1S/C7H8BrClN2O2S/c1-10-14(12,13)11-7-3-5(8)2-6(9)4-7/h2-4,10-11H,1H3. The number of benzene rings is 1. The zero-order chi connectivity index (χ0) is 10.8. The molecule has 0 amide bonds. The van der Waals surface area contributed by atoms with Crippen molar-refractivity contribution in [2.45, 2.75) is 0 Å². The van der Waals surface area contributed by atoms with E-state index in [1.165, 1.54) is 13.1 Å². The Morgan fingerprint density at radius 2 is 2.00 bits per heavy atom. The maximum absolute atomic E-state index is 11.1. The molecule has 0 aliphatic carbocycles. The Morgan fingerprint density at radius 3 is 2.50 bits per heavy atom. The van der Waals surface area contributed by atoms with Crippen LogP contribution in [0.3, 0.4) is 0 Å². The van der Waals surface area contributed by atoms with Gasteiger partial charge >= 0.3 is 0 Å². The highest BCUT2D eigenvalue weighted by atomic mass is 79.9. The number of hydrogen-bond acceptors (Lipinski definition) is 2. The van der Waals surface area contributed by atoms with Crippen LogP contribution in [-0.4, -0.2) is 15.5 Å². The molecule has 78 valence electrons. The first-order valence-electron chi connectivity index (χ1n) is 3.60. The highest BCUT2D eigenvalue weighted by molar-refractivity contribution is 9.10. The molecule has 0 spiro atoms. The minimum Gasteiger partial charge on any atom is -0.271 e. The smallest absolute Gasteiger partial charge is 0.271 e. The Balaban J connectivity index is 2.98. The van der Waals surface area contributed by atoms with Crippen LogP contribution < -0.4 is 9.44 Å². The molecule has 0 aliphatic rings. The van der Waals surface area contributed by atoms with Crippen molar-refractivity contribution in [3.8, 4) is 0 Å². The van der Waals surface area contributed by atoms with Gasteiger partial charge in [-0.3, -0.25) is 4.72 Å². The molecule has 1 aromatic carbocycles. The second kappa shape index (κ2) is 4.48. The molecule has 7 heteroatoms. The van der Waals surface area contributed by atoms with Crippen LogP contribution in [0.5, 0.6) is 0 Å². The molecule has 1 aromatic rings. The maximum Gasteiger partial charge on any atom is 0.298 e. The van der Waals surface area contributed by atoms with E-state index in [2.05, 4.69) is 25.4 Å². The summed E-state index contributed by atoms with van der Waals surface area (Å²) in [5.74, 6) is 0. The van der Waals surface area contributed by atoms with E-state index in [9.17, 15) is 8.42 Å². The summed E-state index contributed by atoms with van der Waals surface area (Å²) in [5.41, 5.74) is 0.402. The fourth-order valence-corrected chi connectivity index (χ4v) is 2.21. The summed E-state index contributed by atoms with van der Waals surface area (Å²) in [7, 11) is -2.16. The largest absolute Gasteiger partial charge is 0.298 e. The van der Waals surface area contributed by atoms with Crippen LogP contribution in [0.15, 0.2) is 22.7 Å². The van der Waals surface area contributed by atoms with Crippen molar-refractivity contribution in [1.82, 2.24) is 4.72 Å². The minimum atomic E-state index is -3.49. The Kier molecular flexibility index (Phi) is 3.77. The van der Waals surface area contributed by atoms with Crippen LogP contribution in [0.1, 0.15) is 0 Å². The monoisotopic (exact) mass is 298 g/mol. The Bertz CT molecular complexity index is 415. The third-order valence-electron chi connectivity index (χ3n) is 1.38. The molecule has 2 N–H and O–H groups in total. The van der Waals surface area contributed by atoms with Crippen molar-refractivity contribution in [2.24, 2.45) is 0 Å². The SMILES string of the molecule is CNS(=O)(=O)Nc1cc(Cl)cc(Br)c1. The predicted molar refractivity (Wildman–Crippen MR) is 60.8 cm³/mol. The fraction of sp³-hybridized carbons (Fsp3) is 0.143. The third-order valence-corrected chi connectivity index (χ3v) is 3.10. The fourth-order valence-electron chi connectivity index (χ4n) is 0.819. The van der Waals surface area contributed by atoms with Crippen molar-refractivity contribution in [2.75, 3.05) is 11.8 Å². The molecule has 0 radical (unpaired) electrons. The second-order valence-corrected chi connectivity index (χ2v) is 5.44. The van der Waals surface area contributed by atoms with Gasteiger partial charge in [-0.05, 0) is 18.2 Å². The molecule has 0 aromatic heterocycles. The zero-order valence-electron chi connectivity index (χ0n) is 7.21. The van der Waals surface area contributed by atoms with Gasteiger partial charge in [-0.25, -0.2) is 4.72 Å². The van der Waals surface area contributed by atoms with E-state index in [1.54, 1.807) is 12.1 Å². The lowest BCUT2D eigenvalue weighted by atomic mass is 10.3. The van der Waals surface area contributed by atoms with E-state index >= 15 is 0 Å². The van der Waals surface area contributed by atoms with Crippen molar-refractivity contribution in [3.05, 3.63) is 27.7 Å². The van der Waals surface area contributed by atoms with Crippen LogP contribution in [0, 0.1) is 0 Å². The molecule has 0 fully saturated rings. The van der Waals surface area contributed by atoms with Gasteiger partial charge in [0.1, 0.15) is 0 Å². The van der Waals surface area contributed by atoms with Gasteiger partial charge in [0.15, 0.2) is 0 Å². The first kappa shape index (κ1) is 11.8. The van der Waals surface area contributed by atoms with Gasteiger partial charge in [0.25, 0.3) is 10.2 Å². The van der Waals surface area contributed by atoms with Crippen molar-refractivity contribution in [1.29, 1.82) is 0 Å². The zero-order valence-corrected chi connectivity index (χ0v) is 10.4. The molecule has 0 saturated heterocycles. The molecule has 0 atom stereocenters. The van der Waals surface area contributed by atoms with E-state index in [0.29, 0.717) is 15.2 Å². The summed E-state index contributed by atoms with van der Waals surface area (Å²) in [6.45, 7) is 0. The van der Waals surface area contributed by atoms with Crippen LogP contribution in [-0.2, 0) is 10.2 Å². The molecule has 0 aliphatic heterocycles. The van der Waals surface area contributed by atoms with Gasteiger partial charge in [0, 0.05) is 16.5 Å². The summed E-state index contributed by atoms with van der Waals surface area (Å²) in [6.07, 6.45) is 0. The normalized spacial score (nSPS) is 11.4. The topological polar surface area (TPSA) is 58.2 Å². The van der Waals surface area contributed by atoms with Crippen molar-refractivity contribution >= 4 is 43.4 Å². The Labute approximate surface area is 96.0 Å². The highest BCUT2D eigenvalue weighted by Gasteiger charge is 2.06. The van der Waals surface area contributed by atoms with E-state index in [1.807, 2.05) is 0 Å².